The van der Waals surface area contributed by atoms with Crippen LogP contribution in [0.3, 0.4) is 0 Å². The Morgan fingerprint density at radius 2 is 1.32 bits per heavy atom. The predicted molar refractivity (Wildman–Crippen MR) is 143 cm³/mol. The maximum absolute atomic E-state index is 6.22. The SMILES string of the molecule is CCc1ccc2c(c1)c1cc(-c3ccccc3)ccc1n2-c1cccc2oc3ccccc3c12. The van der Waals surface area contributed by atoms with Crippen LogP contribution in [0.5, 0.6) is 0 Å². The number of nitrogens with zero attached hydrogens (tertiary/aromatic N) is 1. The first kappa shape index (κ1) is 19.2. The van der Waals surface area contributed by atoms with Gasteiger partial charge in [0.05, 0.1) is 22.1 Å². The summed E-state index contributed by atoms with van der Waals surface area (Å²) in [6, 6.07) is 39.0. The minimum absolute atomic E-state index is 0.916. The molecule has 0 spiro atoms. The molecule has 0 saturated heterocycles. The van der Waals surface area contributed by atoms with Crippen LogP contribution in [-0.4, -0.2) is 4.57 Å². The first-order valence-electron chi connectivity index (χ1n) is 11.8. The number of rotatable bonds is 3. The van der Waals surface area contributed by atoms with Gasteiger partial charge in [-0.2, -0.15) is 0 Å². The molecule has 2 aromatic heterocycles. The highest BCUT2D eigenvalue weighted by Crippen LogP contribution is 2.39. The van der Waals surface area contributed by atoms with Crippen LogP contribution in [0.4, 0.5) is 0 Å². The van der Waals surface area contributed by atoms with Crippen LogP contribution in [0.1, 0.15) is 12.5 Å². The number of hydrogen-bond acceptors (Lipinski definition) is 1. The summed E-state index contributed by atoms with van der Waals surface area (Å²) in [6.07, 6.45) is 1.02. The molecule has 0 atom stereocenters. The van der Waals surface area contributed by atoms with Gasteiger partial charge in [0.1, 0.15) is 11.2 Å². The molecule has 0 N–H and O–H groups in total. The van der Waals surface area contributed by atoms with Crippen LogP contribution in [0, 0.1) is 0 Å². The van der Waals surface area contributed by atoms with Crippen LogP contribution in [0.25, 0.3) is 60.6 Å². The van der Waals surface area contributed by atoms with Crippen molar-refractivity contribution in [1.29, 1.82) is 0 Å². The van der Waals surface area contributed by atoms with E-state index in [2.05, 4.69) is 109 Å². The Labute approximate surface area is 197 Å². The standard InChI is InChI=1S/C32H23NO/c1-2-21-15-17-27-25(19-21)26-20-23(22-9-4-3-5-10-22)16-18-28(26)33(27)29-12-8-14-31-32(29)24-11-6-7-13-30(24)34-31/h3-20H,2H2,1H3. The van der Waals surface area contributed by atoms with Gasteiger partial charge < -0.3 is 8.98 Å². The molecule has 0 saturated carbocycles. The molecule has 0 bridgehead atoms. The van der Waals surface area contributed by atoms with Crippen molar-refractivity contribution < 1.29 is 4.42 Å². The highest BCUT2D eigenvalue weighted by Gasteiger charge is 2.18. The van der Waals surface area contributed by atoms with Crippen molar-refractivity contribution in [2.75, 3.05) is 0 Å². The van der Waals surface area contributed by atoms with Gasteiger partial charge in [0.25, 0.3) is 0 Å². The summed E-state index contributed by atoms with van der Waals surface area (Å²) in [6.45, 7) is 2.22. The zero-order valence-electron chi connectivity index (χ0n) is 19.0. The minimum Gasteiger partial charge on any atom is -0.456 e. The first-order chi connectivity index (χ1) is 16.8. The van der Waals surface area contributed by atoms with E-state index in [0.29, 0.717) is 0 Å². The zero-order chi connectivity index (χ0) is 22.6. The van der Waals surface area contributed by atoms with Crippen LogP contribution in [0.2, 0.25) is 0 Å². The van der Waals surface area contributed by atoms with E-state index in [1.807, 2.05) is 12.1 Å². The van der Waals surface area contributed by atoms with E-state index in [-0.39, 0.29) is 0 Å². The average Bonchev–Trinajstić information content (AvgIpc) is 3.44. The molecule has 0 amide bonds. The third kappa shape index (κ3) is 2.75. The molecule has 34 heavy (non-hydrogen) atoms. The molecule has 2 nitrogen and oxygen atoms in total. The van der Waals surface area contributed by atoms with Gasteiger partial charge in [-0.15, -0.1) is 0 Å². The lowest BCUT2D eigenvalue weighted by Crippen LogP contribution is -1.94. The van der Waals surface area contributed by atoms with E-state index >= 15 is 0 Å². The van der Waals surface area contributed by atoms with E-state index in [1.54, 1.807) is 0 Å². The van der Waals surface area contributed by atoms with Crippen molar-refractivity contribution in [3.8, 4) is 16.8 Å². The van der Waals surface area contributed by atoms with Gasteiger partial charge in [-0.3, -0.25) is 0 Å². The average molecular weight is 438 g/mol. The Hall–Kier alpha value is -4.30. The lowest BCUT2D eigenvalue weighted by atomic mass is 10.0. The number of aryl methyl sites for hydroxylation is 1. The quantitative estimate of drug-likeness (QED) is 0.270. The minimum atomic E-state index is 0.916. The van der Waals surface area contributed by atoms with E-state index in [4.69, 9.17) is 4.42 Å². The summed E-state index contributed by atoms with van der Waals surface area (Å²) in [5.74, 6) is 0. The Morgan fingerprint density at radius 1 is 0.588 bits per heavy atom. The summed E-state index contributed by atoms with van der Waals surface area (Å²) in [5.41, 5.74) is 9.24. The lowest BCUT2D eigenvalue weighted by molar-refractivity contribution is 0.669. The van der Waals surface area contributed by atoms with Crippen molar-refractivity contribution in [3.63, 3.8) is 0 Å². The first-order valence-corrected chi connectivity index (χ1v) is 11.8. The summed E-state index contributed by atoms with van der Waals surface area (Å²) >= 11 is 0. The van der Waals surface area contributed by atoms with E-state index < -0.39 is 0 Å². The summed E-state index contributed by atoms with van der Waals surface area (Å²) in [4.78, 5) is 0. The second kappa shape index (κ2) is 7.36. The van der Waals surface area contributed by atoms with Crippen LogP contribution in [0.15, 0.2) is 114 Å². The number of aromatic nitrogens is 1. The molecule has 2 heterocycles. The summed E-state index contributed by atoms with van der Waals surface area (Å²) < 4.78 is 8.62. The smallest absolute Gasteiger partial charge is 0.137 e. The molecular formula is C32H23NO. The number of para-hydroxylation sites is 1. The maximum atomic E-state index is 6.22. The van der Waals surface area contributed by atoms with Crippen molar-refractivity contribution in [2.24, 2.45) is 0 Å². The molecular weight excluding hydrogens is 414 g/mol. The van der Waals surface area contributed by atoms with Crippen molar-refractivity contribution in [2.45, 2.75) is 13.3 Å². The molecule has 0 aliphatic rings. The van der Waals surface area contributed by atoms with E-state index in [0.717, 1.165) is 34.0 Å². The third-order valence-corrected chi connectivity index (χ3v) is 6.97. The predicted octanol–water partition coefficient (Wildman–Crippen LogP) is 8.91. The Bertz CT molecular complexity index is 1840. The molecule has 0 radical (unpaired) electrons. The maximum Gasteiger partial charge on any atom is 0.137 e. The fourth-order valence-corrected chi connectivity index (χ4v) is 5.30. The monoisotopic (exact) mass is 437 g/mol. The Morgan fingerprint density at radius 3 is 2.18 bits per heavy atom. The molecule has 7 aromatic rings. The molecule has 0 unspecified atom stereocenters. The third-order valence-electron chi connectivity index (χ3n) is 6.97. The van der Waals surface area contributed by atoms with Gasteiger partial charge in [-0.05, 0) is 65.6 Å². The van der Waals surface area contributed by atoms with Gasteiger partial charge in [-0.1, -0.05) is 73.7 Å². The Balaban J connectivity index is 1.61. The number of furan rings is 1. The van der Waals surface area contributed by atoms with Gasteiger partial charge >= 0.3 is 0 Å². The largest absolute Gasteiger partial charge is 0.456 e. The van der Waals surface area contributed by atoms with E-state index in [9.17, 15) is 0 Å². The van der Waals surface area contributed by atoms with Crippen LogP contribution in [-0.2, 0) is 6.42 Å². The molecule has 5 aromatic carbocycles. The summed E-state index contributed by atoms with van der Waals surface area (Å²) in [7, 11) is 0. The molecule has 0 fully saturated rings. The van der Waals surface area contributed by atoms with Crippen molar-refractivity contribution in [3.05, 3.63) is 115 Å². The summed E-state index contributed by atoms with van der Waals surface area (Å²) in [5, 5.41) is 4.87. The normalized spacial score (nSPS) is 11.8. The second-order valence-corrected chi connectivity index (χ2v) is 8.89. The highest BCUT2D eigenvalue weighted by molar-refractivity contribution is 6.15. The lowest BCUT2D eigenvalue weighted by Gasteiger charge is -2.10. The second-order valence-electron chi connectivity index (χ2n) is 8.89. The molecule has 2 heteroatoms. The van der Waals surface area contributed by atoms with Gasteiger partial charge in [0.15, 0.2) is 0 Å². The molecule has 162 valence electrons. The van der Waals surface area contributed by atoms with Crippen LogP contribution < -0.4 is 0 Å². The van der Waals surface area contributed by atoms with Gasteiger partial charge in [-0.25, -0.2) is 0 Å². The number of hydrogen-bond donors (Lipinski definition) is 0. The fraction of sp³-hybridized carbons (Fsp3) is 0.0625. The zero-order valence-corrected chi connectivity index (χ0v) is 19.0. The number of benzene rings is 5. The van der Waals surface area contributed by atoms with Crippen LogP contribution >= 0.6 is 0 Å². The Kier molecular flexibility index (Phi) is 4.16. The van der Waals surface area contributed by atoms with Gasteiger partial charge in [0, 0.05) is 16.2 Å². The fourth-order valence-electron chi connectivity index (χ4n) is 5.30. The molecule has 0 aliphatic heterocycles. The highest BCUT2D eigenvalue weighted by atomic mass is 16.3. The number of fused-ring (bicyclic) bond motifs is 6. The molecule has 7 rings (SSSR count). The van der Waals surface area contributed by atoms with E-state index in [1.165, 1.54) is 38.5 Å². The van der Waals surface area contributed by atoms with Gasteiger partial charge in [0.2, 0.25) is 0 Å². The molecule has 0 aliphatic carbocycles. The van der Waals surface area contributed by atoms with Crippen molar-refractivity contribution >= 4 is 43.7 Å². The topological polar surface area (TPSA) is 18.1 Å². The van der Waals surface area contributed by atoms with Crippen molar-refractivity contribution in [1.82, 2.24) is 4.57 Å².